The van der Waals surface area contributed by atoms with Crippen LogP contribution in [-0.2, 0) is 9.59 Å². The Labute approximate surface area is 149 Å². The van der Waals surface area contributed by atoms with E-state index in [1.165, 1.54) is 0 Å². The summed E-state index contributed by atoms with van der Waals surface area (Å²) in [5.41, 5.74) is 3.41. The average Bonchev–Trinajstić information content (AvgIpc) is 2.90. The summed E-state index contributed by atoms with van der Waals surface area (Å²) in [5, 5.41) is 11.0. The van der Waals surface area contributed by atoms with E-state index in [0.717, 1.165) is 35.0 Å². The number of carboxylic acids is 1. The first-order valence-electron chi connectivity index (χ1n) is 7.65. The highest BCUT2D eigenvalue weighted by atomic mass is 35.5. The van der Waals surface area contributed by atoms with Gasteiger partial charge in [-0.15, -0.1) is 0 Å². The van der Waals surface area contributed by atoms with E-state index < -0.39 is 5.97 Å². The van der Waals surface area contributed by atoms with Gasteiger partial charge in [-0.05, 0) is 37.3 Å². The third kappa shape index (κ3) is 3.21. The molecular weight excluding hydrogens is 342 g/mol. The van der Waals surface area contributed by atoms with Crippen LogP contribution >= 0.6 is 11.6 Å². The first-order valence-corrected chi connectivity index (χ1v) is 8.03. The SMILES string of the molecule is CC(=O)O.C[C@H]1C(=O)Nc2ccc(Cl)cc2-c2nc3ccccc3n21. The predicted molar refractivity (Wildman–Crippen MR) is 96.8 cm³/mol. The van der Waals surface area contributed by atoms with Gasteiger partial charge in [0.15, 0.2) is 0 Å². The van der Waals surface area contributed by atoms with Crippen LogP contribution in [0.15, 0.2) is 42.5 Å². The molecule has 25 heavy (non-hydrogen) atoms. The zero-order valence-electron chi connectivity index (χ0n) is 13.7. The molecule has 2 heterocycles. The third-order valence-corrected chi connectivity index (χ3v) is 4.08. The summed E-state index contributed by atoms with van der Waals surface area (Å²) in [7, 11) is 0. The van der Waals surface area contributed by atoms with E-state index in [0.29, 0.717) is 5.02 Å². The van der Waals surface area contributed by atoms with Crippen LogP contribution in [0.1, 0.15) is 19.9 Å². The lowest BCUT2D eigenvalue weighted by molar-refractivity contribution is -0.134. The molecule has 1 aromatic heterocycles. The van der Waals surface area contributed by atoms with Gasteiger partial charge in [0.2, 0.25) is 5.91 Å². The molecule has 0 fully saturated rings. The number of imidazole rings is 1. The van der Waals surface area contributed by atoms with Crippen molar-refractivity contribution in [2.24, 2.45) is 0 Å². The summed E-state index contributed by atoms with van der Waals surface area (Å²) >= 11 is 6.12. The van der Waals surface area contributed by atoms with Gasteiger partial charge < -0.3 is 15.0 Å². The monoisotopic (exact) mass is 357 g/mol. The Morgan fingerprint density at radius 2 is 1.96 bits per heavy atom. The number of carbonyl (C=O) groups is 2. The number of anilines is 1. The largest absolute Gasteiger partial charge is 0.481 e. The summed E-state index contributed by atoms with van der Waals surface area (Å²) in [6, 6.07) is 12.9. The van der Waals surface area contributed by atoms with E-state index in [-0.39, 0.29) is 11.9 Å². The van der Waals surface area contributed by atoms with E-state index in [9.17, 15) is 4.79 Å². The van der Waals surface area contributed by atoms with Crippen molar-refractivity contribution in [2.75, 3.05) is 5.32 Å². The fourth-order valence-electron chi connectivity index (χ4n) is 2.79. The molecule has 1 amide bonds. The van der Waals surface area contributed by atoms with Crippen LogP contribution in [0.5, 0.6) is 0 Å². The number of rotatable bonds is 0. The predicted octanol–water partition coefficient (Wildman–Crippen LogP) is 3.96. The Morgan fingerprint density at radius 3 is 2.68 bits per heavy atom. The smallest absolute Gasteiger partial charge is 0.300 e. The number of halogens is 1. The van der Waals surface area contributed by atoms with Gasteiger partial charge in [-0.3, -0.25) is 9.59 Å². The van der Waals surface area contributed by atoms with E-state index in [1.54, 1.807) is 6.07 Å². The molecule has 128 valence electrons. The van der Waals surface area contributed by atoms with Crippen LogP contribution in [0.4, 0.5) is 5.69 Å². The van der Waals surface area contributed by atoms with Gasteiger partial charge in [-0.1, -0.05) is 23.7 Å². The number of nitrogens with one attached hydrogen (secondary N) is 1. The Bertz CT molecular complexity index is 977. The number of fused-ring (bicyclic) bond motifs is 5. The molecule has 7 heteroatoms. The highest BCUT2D eigenvalue weighted by Gasteiger charge is 2.27. The number of hydrogen-bond donors (Lipinski definition) is 2. The summed E-state index contributed by atoms with van der Waals surface area (Å²) < 4.78 is 1.97. The minimum absolute atomic E-state index is 0.0551. The molecule has 1 aliphatic heterocycles. The fourth-order valence-corrected chi connectivity index (χ4v) is 2.96. The maximum atomic E-state index is 12.4. The number of aromatic nitrogens is 2. The minimum Gasteiger partial charge on any atom is -0.481 e. The maximum absolute atomic E-state index is 12.4. The van der Waals surface area contributed by atoms with Crippen molar-refractivity contribution < 1.29 is 14.7 Å². The molecule has 0 aliphatic carbocycles. The highest BCUT2D eigenvalue weighted by Crippen LogP contribution is 2.37. The number of nitrogens with zero attached hydrogens (tertiary/aromatic N) is 2. The van der Waals surface area contributed by atoms with Gasteiger partial charge in [0.05, 0.1) is 16.7 Å². The summed E-state index contributed by atoms with van der Waals surface area (Å²) in [5.74, 6) is -0.125. The van der Waals surface area contributed by atoms with Crippen LogP contribution in [0, 0.1) is 0 Å². The Balaban J connectivity index is 0.000000415. The number of amides is 1. The Kier molecular flexibility index (Phi) is 4.46. The molecule has 0 spiro atoms. The molecular formula is C18H16ClN3O3. The number of para-hydroxylation sites is 2. The second-order valence-electron chi connectivity index (χ2n) is 5.67. The molecule has 1 aliphatic rings. The van der Waals surface area contributed by atoms with Crippen molar-refractivity contribution in [1.29, 1.82) is 0 Å². The normalized spacial score (nSPS) is 15.3. The van der Waals surface area contributed by atoms with Crippen molar-refractivity contribution in [3.63, 3.8) is 0 Å². The van der Waals surface area contributed by atoms with Crippen molar-refractivity contribution >= 4 is 40.2 Å². The van der Waals surface area contributed by atoms with Crippen LogP contribution in [0.3, 0.4) is 0 Å². The molecule has 0 saturated carbocycles. The summed E-state index contributed by atoms with van der Waals surface area (Å²) in [4.78, 5) is 26.1. The van der Waals surface area contributed by atoms with Crippen LogP contribution in [-0.4, -0.2) is 26.5 Å². The molecule has 1 atom stereocenters. The Hall–Kier alpha value is -2.86. The molecule has 0 saturated heterocycles. The van der Waals surface area contributed by atoms with Gasteiger partial charge in [0.1, 0.15) is 11.9 Å². The van der Waals surface area contributed by atoms with Gasteiger partial charge in [-0.2, -0.15) is 0 Å². The lowest BCUT2D eigenvalue weighted by atomic mass is 10.1. The topological polar surface area (TPSA) is 84.2 Å². The van der Waals surface area contributed by atoms with Crippen molar-refractivity contribution in [3.8, 4) is 11.4 Å². The number of aliphatic carboxylic acids is 1. The molecule has 2 N–H and O–H groups in total. The van der Waals surface area contributed by atoms with Crippen LogP contribution < -0.4 is 5.32 Å². The quantitative estimate of drug-likeness (QED) is 0.637. The second-order valence-corrected chi connectivity index (χ2v) is 6.10. The average molecular weight is 358 g/mol. The van der Waals surface area contributed by atoms with E-state index >= 15 is 0 Å². The molecule has 4 rings (SSSR count). The van der Waals surface area contributed by atoms with Crippen molar-refractivity contribution in [1.82, 2.24) is 9.55 Å². The van der Waals surface area contributed by atoms with Gasteiger partial charge in [0, 0.05) is 17.5 Å². The number of hydrogen-bond acceptors (Lipinski definition) is 3. The second kappa shape index (κ2) is 6.57. The Morgan fingerprint density at radius 1 is 1.28 bits per heavy atom. The molecule has 0 unspecified atom stereocenters. The number of benzene rings is 2. The van der Waals surface area contributed by atoms with Crippen molar-refractivity contribution in [3.05, 3.63) is 47.5 Å². The first-order chi connectivity index (χ1) is 11.9. The van der Waals surface area contributed by atoms with E-state index in [4.69, 9.17) is 26.5 Å². The van der Waals surface area contributed by atoms with Gasteiger partial charge >= 0.3 is 0 Å². The zero-order valence-corrected chi connectivity index (χ0v) is 14.4. The van der Waals surface area contributed by atoms with E-state index in [2.05, 4.69) is 5.32 Å². The van der Waals surface area contributed by atoms with Gasteiger partial charge in [-0.25, -0.2) is 4.98 Å². The van der Waals surface area contributed by atoms with Crippen molar-refractivity contribution in [2.45, 2.75) is 19.9 Å². The lowest BCUT2D eigenvalue weighted by Gasteiger charge is -2.12. The van der Waals surface area contributed by atoms with Gasteiger partial charge in [0.25, 0.3) is 5.97 Å². The number of carboxylic acid groups (broad SMARTS) is 1. The molecule has 3 aromatic rings. The fraction of sp³-hybridized carbons (Fsp3) is 0.167. The zero-order chi connectivity index (χ0) is 18.1. The lowest BCUT2D eigenvalue weighted by Crippen LogP contribution is -2.21. The molecule has 2 aromatic carbocycles. The third-order valence-electron chi connectivity index (χ3n) is 3.84. The maximum Gasteiger partial charge on any atom is 0.300 e. The molecule has 6 nitrogen and oxygen atoms in total. The highest BCUT2D eigenvalue weighted by molar-refractivity contribution is 6.31. The van der Waals surface area contributed by atoms with Crippen LogP contribution in [0.2, 0.25) is 5.02 Å². The summed E-state index contributed by atoms with van der Waals surface area (Å²) in [6.07, 6.45) is 0. The first kappa shape index (κ1) is 17.0. The minimum atomic E-state index is -0.833. The molecule has 0 radical (unpaired) electrons. The number of carbonyl (C=O) groups excluding carboxylic acids is 1. The summed E-state index contributed by atoms with van der Waals surface area (Å²) in [6.45, 7) is 2.96. The molecule has 0 bridgehead atoms. The van der Waals surface area contributed by atoms with E-state index in [1.807, 2.05) is 47.9 Å². The standard InChI is InChI=1S/C16H12ClN3O.C2H4O2/c1-9-16(21)19-12-7-6-10(17)8-11(12)15-18-13-4-2-3-5-14(13)20(9)15;1-2(3)4/h2-9H,1H3,(H,19,21);1H3,(H,3,4)/t9-;/m0./s1. The van der Waals surface area contributed by atoms with Crippen LogP contribution in [0.25, 0.3) is 22.4 Å².